The van der Waals surface area contributed by atoms with Gasteiger partial charge >= 0.3 is 0 Å². The van der Waals surface area contributed by atoms with Crippen LogP contribution in [0.4, 0.5) is 0 Å². The predicted octanol–water partition coefficient (Wildman–Crippen LogP) is 12.0. The number of benzene rings is 3. The first-order valence-corrected chi connectivity index (χ1v) is 17.8. The van der Waals surface area contributed by atoms with Crippen LogP contribution in [0.1, 0.15) is 126 Å². The lowest BCUT2D eigenvalue weighted by molar-refractivity contribution is 0.283. The number of hydrogen-bond donors (Lipinski definition) is 1. The van der Waals surface area contributed by atoms with Gasteiger partial charge in [0.05, 0.1) is 12.2 Å². The maximum atomic E-state index is 11.2. The fourth-order valence-corrected chi connectivity index (χ4v) is 7.26. The van der Waals surface area contributed by atoms with Crippen molar-refractivity contribution in [2.24, 2.45) is 10.8 Å². The summed E-state index contributed by atoms with van der Waals surface area (Å²) in [5.74, 6) is 2.30. The summed E-state index contributed by atoms with van der Waals surface area (Å²) < 4.78 is 5.93. The molecule has 0 aliphatic heterocycles. The van der Waals surface area contributed by atoms with Gasteiger partial charge in [0.2, 0.25) is 0 Å². The molecule has 4 rings (SSSR count). The van der Waals surface area contributed by atoms with Crippen molar-refractivity contribution in [1.29, 1.82) is 0 Å². The molecule has 0 radical (unpaired) electrons. The molecule has 4 aromatic rings. The highest BCUT2D eigenvalue weighted by Crippen LogP contribution is 2.39. The van der Waals surface area contributed by atoms with Crippen molar-refractivity contribution < 1.29 is 9.84 Å². The van der Waals surface area contributed by atoms with E-state index in [0.717, 1.165) is 36.8 Å². The van der Waals surface area contributed by atoms with Crippen LogP contribution in [0.25, 0.3) is 34.2 Å². The lowest BCUT2D eigenvalue weighted by Gasteiger charge is -2.33. The molecule has 1 aromatic heterocycles. The fraction of sp³-hybridized carbons (Fsp3) is 0.512. The highest BCUT2D eigenvalue weighted by molar-refractivity contribution is 5.70. The summed E-state index contributed by atoms with van der Waals surface area (Å²) in [6.45, 7) is 25.8. The zero-order chi connectivity index (χ0) is 35.3. The van der Waals surface area contributed by atoms with E-state index < -0.39 is 0 Å². The Morgan fingerprint density at radius 1 is 0.562 bits per heavy atom. The third kappa shape index (κ3) is 10.1. The smallest absolute Gasteiger partial charge is 0.167 e. The third-order valence-corrected chi connectivity index (χ3v) is 8.91. The topological polar surface area (TPSA) is 68.1 Å². The molecule has 0 fully saturated rings. The van der Waals surface area contributed by atoms with Crippen LogP contribution in [0.15, 0.2) is 66.7 Å². The lowest BCUT2D eigenvalue weighted by Crippen LogP contribution is -2.24. The monoisotopic (exact) mass is 649 g/mol. The zero-order valence-corrected chi connectivity index (χ0v) is 31.5. The van der Waals surface area contributed by atoms with E-state index in [2.05, 4.69) is 125 Å². The van der Waals surface area contributed by atoms with Gasteiger partial charge in [0.1, 0.15) is 11.5 Å². The van der Waals surface area contributed by atoms with Crippen LogP contribution in [0.2, 0.25) is 0 Å². The average Bonchev–Trinajstić information content (AvgIpc) is 2.99. The van der Waals surface area contributed by atoms with Gasteiger partial charge in [0, 0.05) is 17.2 Å². The first-order valence-electron chi connectivity index (χ1n) is 17.8. The fourth-order valence-electron chi connectivity index (χ4n) is 7.26. The SMILES string of the molecule is CCCCCCOc1ccc(-c2nc(-c3ccc(C(C)(C)CC(C)(C)C)cc3)nc(-c3ccc(C(C)(C)CC(C)(C)C)cc3)n2)c(O)c1. The Kier molecular flexibility index (Phi) is 11.4. The molecule has 0 aliphatic carbocycles. The summed E-state index contributed by atoms with van der Waals surface area (Å²) in [4.78, 5) is 14.8. The van der Waals surface area contributed by atoms with E-state index >= 15 is 0 Å². The minimum Gasteiger partial charge on any atom is -0.507 e. The normalized spacial score (nSPS) is 12.7. The Morgan fingerprint density at radius 3 is 1.44 bits per heavy atom. The summed E-state index contributed by atoms with van der Waals surface area (Å²) in [6.07, 6.45) is 6.66. The molecule has 0 aliphatic rings. The van der Waals surface area contributed by atoms with Gasteiger partial charge in [0.15, 0.2) is 17.5 Å². The van der Waals surface area contributed by atoms with Gasteiger partial charge in [-0.3, -0.25) is 0 Å². The molecule has 258 valence electrons. The van der Waals surface area contributed by atoms with Crippen molar-refractivity contribution in [2.75, 3.05) is 6.61 Å². The Balaban J connectivity index is 1.73. The van der Waals surface area contributed by atoms with E-state index in [-0.39, 0.29) is 27.4 Å². The standard InChI is InChI=1S/C43H59N3O2/c1-12-13-14-15-26-48-34-24-25-35(36(47)27-34)39-45-37(30-16-20-32(21-17-30)42(8,9)28-40(2,3)4)44-38(46-39)31-18-22-33(23-19-31)43(10,11)29-41(5,6)7/h16-25,27,47H,12-15,26,28-29H2,1-11H3. The van der Waals surface area contributed by atoms with Gasteiger partial charge in [-0.05, 0) is 64.2 Å². The van der Waals surface area contributed by atoms with E-state index in [1.54, 1.807) is 6.07 Å². The minimum atomic E-state index is 0.0281. The number of aromatic nitrogens is 3. The molecule has 0 atom stereocenters. The Bertz CT molecular complexity index is 1550. The molecule has 5 nitrogen and oxygen atoms in total. The summed E-state index contributed by atoms with van der Waals surface area (Å²) in [7, 11) is 0. The Labute approximate surface area is 290 Å². The van der Waals surface area contributed by atoms with Crippen LogP contribution >= 0.6 is 0 Å². The van der Waals surface area contributed by atoms with Crippen molar-refractivity contribution in [3.05, 3.63) is 77.9 Å². The molecule has 0 saturated carbocycles. The molecule has 0 unspecified atom stereocenters. The van der Waals surface area contributed by atoms with E-state index in [4.69, 9.17) is 19.7 Å². The van der Waals surface area contributed by atoms with Gasteiger partial charge in [-0.25, -0.2) is 15.0 Å². The predicted molar refractivity (Wildman–Crippen MR) is 202 cm³/mol. The van der Waals surface area contributed by atoms with Crippen molar-refractivity contribution in [2.45, 2.75) is 126 Å². The molecular weight excluding hydrogens is 590 g/mol. The van der Waals surface area contributed by atoms with Crippen LogP contribution in [0.3, 0.4) is 0 Å². The van der Waals surface area contributed by atoms with Crippen LogP contribution in [0, 0.1) is 10.8 Å². The van der Waals surface area contributed by atoms with Crippen molar-refractivity contribution in [1.82, 2.24) is 15.0 Å². The number of unbranched alkanes of at least 4 members (excludes halogenated alkanes) is 3. The second-order valence-electron chi connectivity index (χ2n) is 17.3. The number of phenols is 1. The third-order valence-electron chi connectivity index (χ3n) is 8.91. The van der Waals surface area contributed by atoms with Gasteiger partial charge in [0.25, 0.3) is 0 Å². The number of phenolic OH excluding ortho intramolecular Hbond substituents is 1. The summed E-state index contributed by atoms with van der Waals surface area (Å²) >= 11 is 0. The Hall–Kier alpha value is -3.73. The van der Waals surface area contributed by atoms with Crippen molar-refractivity contribution in [3.8, 4) is 45.7 Å². The summed E-state index contributed by atoms with van der Waals surface area (Å²) in [5.41, 5.74) is 5.42. The number of ether oxygens (including phenoxy) is 1. The molecule has 0 amide bonds. The van der Waals surface area contributed by atoms with Crippen molar-refractivity contribution >= 4 is 0 Å². The van der Waals surface area contributed by atoms with E-state index in [1.165, 1.54) is 24.0 Å². The number of hydrogen-bond acceptors (Lipinski definition) is 5. The molecule has 1 heterocycles. The van der Waals surface area contributed by atoms with Gasteiger partial charge in [-0.2, -0.15) is 0 Å². The highest BCUT2D eigenvalue weighted by Gasteiger charge is 2.28. The molecule has 0 bridgehead atoms. The molecule has 48 heavy (non-hydrogen) atoms. The second-order valence-corrected chi connectivity index (χ2v) is 17.3. The molecular formula is C43H59N3O2. The van der Waals surface area contributed by atoms with Gasteiger partial charge in [-0.15, -0.1) is 0 Å². The summed E-state index contributed by atoms with van der Waals surface area (Å²) in [6, 6.07) is 22.6. The maximum Gasteiger partial charge on any atom is 0.167 e. The van der Waals surface area contributed by atoms with Gasteiger partial charge < -0.3 is 9.84 Å². The van der Waals surface area contributed by atoms with E-state index in [9.17, 15) is 5.11 Å². The van der Waals surface area contributed by atoms with Crippen LogP contribution in [-0.2, 0) is 10.8 Å². The van der Waals surface area contributed by atoms with Crippen LogP contribution in [0.5, 0.6) is 11.5 Å². The maximum absolute atomic E-state index is 11.2. The lowest BCUT2D eigenvalue weighted by atomic mass is 9.72. The molecule has 3 aromatic carbocycles. The van der Waals surface area contributed by atoms with Gasteiger partial charge in [-0.1, -0.05) is 144 Å². The quantitative estimate of drug-likeness (QED) is 0.146. The largest absolute Gasteiger partial charge is 0.507 e. The number of aromatic hydroxyl groups is 1. The highest BCUT2D eigenvalue weighted by atomic mass is 16.5. The van der Waals surface area contributed by atoms with E-state index in [1.807, 2.05) is 12.1 Å². The first-order chi connectivity index (χ1) is 22.4. The summed E-state index contributed by atoms with van der Waals surface area (Å²) in [5, 5.41) is 11.2. The Morgan fingerprint density at radius 2 is 1.02 bits per heavy atom. The average molecular weight is 650 g/mol. The van der Waals surface area contributed by atoms with Crippen LogP contribution < -0.4 is 4.74 Å². The minimum absolute atomic E-state index is 0.0281. The van der Waals surface area contributed by atoms with E-state index in [0.29, 0.717) is 35.4 Å². The number of rotatable bonds is 13. The molecule has 5 heteroatoms. The first kappa shape index (κ1) is 37.1. The molecule has 0 spiro atoms. The van der Waals surface area contributed by atoms with Crippen molar-refractivity contribution in [3.63, 3.8) is 0 Å². The second kappa shape index (κ2) is 14.8. The molecule has 0 saturated heterocycles. The number of nitrogens with zero attached hydrogens (tertiary/aromatic N) is 3. The zero-order valence-electron chi connectivity index (χ0n) is 31.5. The molecule has 1 N–H and O–H groups in total. The van der Waals surface area contributed by atoms with Crippen LogP contribution in [-0.4, -0.2) is 26.7 Å².